The molecule has 7 heteroatoms. The number of carbonyl (C=O) groups excluding carboxylic acids is 2. The predicted octanol–water partition coefficient (Wildman–Crippen LogP) is 3.51. The average molecular weight is 417 g/mol. The average Bonchev–Trinajstić information content (AvgIpc) is 3.38. The summed E-state index contributed by atoms with van der Waals surface area (Å²) in [7, 11) is 1.61. The van der Waals surface area contributed by atoms with Crippen LogP contribution in [0.5, 0.6) is 5.75 Å². The van der Waals surface area contributed by atoms with Crippen LogP contribution in [0.15, 0.2) is 41.8 Å². The zero-order valence-corrected chi connectivity index (χ0v) is 17.6. The van der Waals surface area contributed by atoms with E-state index in [2.05, 4.69) is 0 Å². The summed E-state index contributed by atoms with van der Waals surface area (Å²) in [6.07, 6.45) is 2.12. The van der Waals surface area contributed by atoms with Gasteiger partial charge < -0.3 is 14.5 Å². The van der Waals surface area contributed by atoms with Crippen LogP contribution in [0, 0.1) is 0 Å². The van der Waals surface area contributed by atoms with Crippen molar-refractivity contribution in [3.8, 4) is 5.75 Å². The van der Waals surface area contributed by atoms with E-state index in [0.717, 1.165) is 30.0 Å². The minimum atomic E-state index is -0.195. The molecule has 0 unspecified atom stereocenters. The van der Waals surface area contributed by atoms with Crippen LogP contribution in [-0.4, -0.2) is 59.0 Å². The minimum Gasteiger partial charge on any atom is -0.497 e. The van der Waals surface area contributed by atoms with Crippen LogP contribution in [-0.2, 0) is 11.2 Å². The van der Waals surface area contributed by atoms with Crippen molar-refractivity contribution >= 4 is 34.9 Å². The first kappa shape index (κ1) is 19.3. The predicted molar refractivity (Wildman–Crippen MR) is 113 cm³/mol. The van der Waals surface area contributed by atoms with Crippen molar-refractivity contribution in [1.82, 2.24) is 9.80 Å². The van der Waals surface area contributed by atoms with Gasteiger partial charge in [-0.3, -0.25) is 9.59 Å². The van der Waals surface area contributed by atoms with Crippen LogP contribution < -0.4 is 4.74 Å². The fraction of sp³-hybridized carbons (Fsp3) is 0.429. The molecule has 0 radical (unpaired) electrons. The molecular weight excluding hydrogens is 392 g/mol. The Labute approximate surface area is 173 Å². The Kier molecular flexibility index (Phi) is 5.64. The fourth-order valence-corrected chi connectivity index (χ4v) is 6.15. The van der Waals surface area contributed by atoms with Gasteiger partial charge in [-0.15, -0.1) is 23.1 Å². The van der Waals surface area contributed by atoms with Crippen molar-refractivity contribution in [2.75, 3.05) is 32.5 Å². The van der Waals surface area contributed by atoms with Crippen molar-refractivity contribution in [3.63, 3.8) is 0 Å². The molecule has 2 aromatic rings. The van der Waals surface area contributed by atoms with Gasteiger partial charge in [0.2, 0.25) is 5.91 Å². The maximum absolute atomic E-state index is 13.2. The highest BCUT2D eigenvalue weighted by Crippen LogP contribution is 2.44. The third kappa shape index (κ3) is 3.78. The molecule has 2 aliphatic rings. The molecule has 1 spiro atoms. The summed E-state index contributed by atoms with van der Waals surface area (Å²) in [6, 6.07) is 11.3. The Hall–Kier alpha value is -1.99. The molecule has 0 bridgehead atoms. The first-order chi connectivity index (χ1) is 13.6. The van der Waals surface area contributed by atoms with Crippen LogP contribution in [0.2, 0.25) is 0 Å². The van der Waals surface area contributed by atoms with Crippen molar-refractivity contribution in [2.24, 2.45) is 0 Å². The largest absolute Gasteiger partial charge is 0.497 e. The third-order valence-corrected chi connectivity index (χ3v) is 7.97. The molecule has 0 aliphatic carbocycles. The van der Waals surface area contributed by atoms with Gasteiger partial charge in [-0.25, -0.2) is 0 Å². The molecule has 3 heterocycles. The minimum absolute atomic E-state index is 0.0577. The molecule has 5 nitrogen and oxygen atoms in total. The summed E-state index contributed by atoms with van der Waals surface area (Å²) >= 11 is 3.49. The lowest BCUT2D eigenvalue weighted by molar-refractivity contribution is -0.132. The highest BCUT2D eigenvalue weighted by Gasteiger charge is 2.47. The second kappa shape index (κ2) is 8.17. The van der Waals surface area contributed by atoms with E-state index in [1.165, 1.54) is 0 Å². The van der Waals surface area contributed by atoms with Gasteiger partial charge in [0.05, 0.1) is 18.4 Å². The number of ether oxygens (including phenoxy) is 1. The second-order valence-electron chi connectivity index (χ2n) is 7.12. The second-order valence-corrected chi connectivity index (χ2v) is 9.61. The quantitative estimate of drug-likeness (QED) is 0.765. The van der Waals surface area contributed by atoms with Gasteiger partial charge in [0, 0.05) is 35.8 Å². The Morgan fingerprint density at radius 2 is 1.96 bits per heavy atom. The van der Waals surface area contributed by atoms with E-state index < -0.39 is 0 Å². The highest BCUT2D eigenvalue weighted by molar-refractivity contribution is 8.00. The summed E-state index contributed by atoms with van der Waals surface area (Å²) in [5.41, 5.74) is 0.664. The molecule has 2 aliphatic heterocycles. The summed E-state index contributed by atoms with van der Waals surface area (Å²) < 4.78 is 5.27. The highest BCUT2D eigenvalue weighted by atomic mass is 32.2. The molecule has 2 amide bonds. The summed E-state index contributed by atoms with van der Waals surface area (Å²) in [5.74, 6) is 1.88. The van der Waals surface area contributed by atoms with Crippen molar-refractivity contribution in [2.45, 2.75) is 24.1 Å². The number of thiophene rings is 1. The van der Waals surface area contributed by atoms with E-state index in [0.29, 0.717) is 30.8 Å². The maximum Gasteiger partial charge on any atom is 0.255 e. The van der Waals surface area contributed by atoms with Crippen molar-refractivity contribution in [3.05, 3.63) is 52.2 Å². The number of nitrogens with zero attached hydrogens (tertiary/aromatic N) is 2. The fourth-order valence-electron chi connectivity index (χ4n) is 4.00. The Balaban J connectivity index is 1.43. The zero-order chi connectivity index (χ0) is 19.6. The topological polar surface area (TPSA) is 49.9 Å². The van der Waals surface area contributed by atoms with Gasteiger partial charge in [0.15, 0.2) is 0 Å². The van der Waals surface area contributed by atoms with Gasteiger partial charge in [-0.2, -0.15) is 0 Å². The number of thioether (sulfide) groups is 1. The Bertz CT molecular complexity index is 845. The van der Waals surface area contributed by atoms with Crippen molar-refractivity contribution < 1.29 is 14.3 Å². The lowest BCUT2D eigenvalue weighted by Crippen LogP contribution is -2.53. The molecule has 2 saturated heterocycles. The Morgan fingerprint density at radius 3 is 2.68 bits per heavy atom. The standard InChI is InChI=1S/C21H24N2O3S2/c1-26-17-5-2-4-16(14-17)20(25)23-11-13-28-21(23)7-9-22(10-8-21)19(24)15-18-6-3-12-27-18/h2-6,12,14H,7-11,13,15H2,1H3. The molecule has 148 valence electrons. The van der Waals surface area contributed by atoms with E-state index in [4.69, 9.17) is 4.74 Å². The number of hydrogen-bond acceptors (Lipinski definition) is 5. The van der Waals surface area contributed by atoms with E-state index in [1.807, 2.05) is 57.3 Å². The molecule has 1 aromatic heterocycles. The summed E-state index contributed by atoms with van der Waals surface area (Å²) in [5, 5.41) is 2.01. The normalized spacial score (nSPS) is 18.5. The van der Waals surface area contributed by atoms with Gasteiger partial charge in [-0.1, -0.05) is 12.1 Å². The first-order valence-corrected chi connectivity index (χ1v) is 11.4. The van der Waals surface area contributed by atoms with Crippen LogP contribution in [0.4, 0.5) is 0 Å². The van der Waals surface area contributed by atoms with Crippen LogP contribution in [0.25, 0.3) is 0 Å². The number of hydrogen-bond donors (Lipinski definition) is 0. The summed E-state index contributed by atoms with van der Waals surface area (Å²) in [4.78, 5) is 30.7. The number of carbonyl (C=O) groups is 2. The number of rotatable bonds is 4. The van der Waals surface area contributed by atoms with Gasteiger partial charge >= 0.3 is 0 Å². The lowest BCUT2D eigenvalue weighted by Gasteiger charge is -2.44. The number of likely N-dealkylation sites (tertiary alicyclic amines) is 1. The smallest absolute Gasteiger partial charge is 0.255 e. The van der Waals surface area contributed by atoms with Gasteiger partial charge in [0.25, 0.3) is 5.91 Å². The number of amides is 2. The van der Waals surface area contributed by atoms with Crippen LogP contribution in [0.3, 0.4) is 0 Å². The number of benzene rings is 1. The molecule has 0 saturated carbocycles. The third-order valence-electron chi connectivity index (χ3n) is 5.54. The van der Waals surface area contributed by atoms with E-state index >= 15 is 0 Å². The number of methoxy groups -OCH3 is 1. The molecule has 1 aromatic carbocycles. The molecule has 2 fully saturated rings. The SMILES string of the molecule is COc1cccc(C(=O)N2CCSC23CCN(C(=O)Cc2cccs2)CC3)c1. The molecule has 4 rings (SSSR count). The van der Waals surface area contributed by atoms with Crippen LogP contribution >= 0.6 is 23.1 Å². The van der Waals surface area contributed by atoms with Gasteiger partial charge in [-0.05, 0) is 42.5 Å². The van der Waals surface area contributed by atoms with Crippen molar-refractivity contribution in [1.29, 1.82) is 0 Å². The monoisotopic (exact) mass is 416 g/mol. The maximum atomic E-state index is 13.2. The summed E-state index contributed by atoms with van der Waals surface area (Å²) in [6.45, 7) is 2.17. The number of piperidine rings is 1. The molecular formula is C21H24N2O3S2. The first-order valence-electron chi connectivity index (χ1n) is 9.51. The zero-order valence-electron chi connectivity index (χ0n) is 15.9. The van der Waals surface area contributed by atoms with E-state index in [1.54, 1.807) is 24.5 Å². The molecule has 0 N–H and O–H groups in total. The molecule has 0 atom stereocenters. The lowest BCUT2D eigenvalue weighted by atomic mass is 10.0. The van der Waals surface area contributed by atoms with Gasteiger partial charge in [0.1, 0.15) is 5.75 Å². The Morgan fingerprint density at radius 1 is 1.14 bits per heavy atom. The molecule has 28 heavy (non-hydrogen) atoms. The van der Waals surface area contributed by atoms with E-state index in [-0.39, 0.29) is 16.7 Å². The van der Waals surface area contributed by atoms with E-state index in [9.17, 15) is 9.59 Å². The van der Waals surface area contributed by atoms with Crippen LogP contribution in [0.1, 0.15) is 28.1 Å².